The lowest BCUT2D eigenvalue weighted by Crippen LogP contribution is -2.24. The quantitative estimate of drug-likeness (QED) is 0.708. The zero-order chi connectivity index (χ0) is 17.6. The van der Waals surface area contributed by atoms with E-state index in [4.69, 9.17) is 11.6 Å². The number of carbonyl (C=O) groups is 1. The number of halogens is 3. The molecule has 4 nitrogen and oxygen atoms in total. The van der Waals surface area contributed by atoms with Gasteiger partial charge in [-0.2, -0.15) is 5.10 Å². The molecular weight excluding hydrogens is 348 g/mol. The largest absolute Gasteiger partial charge is 0.309 e. The number of nitrogens with zero attached hydrogens (tertiary/aromatic N) is 1. The minimum Gasteiger partial charge on any atom is -0.309 e. The number of carbonyl (C=O) groups excluding carboxylic acids is 1. The lowest BCUT2D eigenvalue weighted by Gasteiger charge is -2.24. The molecule has 0 saturated heterocycles. The molecule has 0 bridgehead atoms. The summed E-state index contributed by atoms with van der Waals surface area (Å²) in [6, 6.07) is 10.3. The molecular formula is C18H12ClF2N3O. The molecule has 0 unspecified atom stereocenters. The number of H-pyrrole nitrogens is 1. The van der Waals surface area contributed by atoms with Crippen molar-refractivity contribution in [1.82, 2.24) is 10.2 Å². The number of fused-ring (bicyclic) bond motifs is 1. The van der Waals surface area contributed by atoms with E-state index in [0.717, 1.165) is 23.8 Å². The van der Waals surface area contributed by atoms with E-state index in [-0.39, 0.29) is 17.9 Å². The van der Waals surface area contributed by atoms with Crippen molar-refractivity contribution >= 4 is 23.3 Å². The van der Waals surface area contributed by atoms with Gasteiger partial charge in [0.25, 0.3) is 0 Å². The minimum absolute atomic E-state index is 0.00744. The van der Waals surface area contributed by atoms with Crippen molar-refractivity contribution in [2.75, 3.05) is 5.32 Å². The van der Waals surface area contributed by atoms with Crippen molar-refractivity contribution in [2.45, 2.75) is 12.3 Å². The molecule has 126 valence electrons. The van der Waals surface area contributed by atoms with E-state index in [1.165, 1.54) is 0 Å². The van der Waals surface area contributed by atoms with Gasteiger partial charge < -0.3 is 5.32 Å². The second-order valence-electron chi connectivity index (χ2n) is 5.84. The summed E-state index contributed by atoms with van der Waals surface area (Å²) in [6.07, 6.45) is 0.00744. The normalized spacial score (nSPS) is 16.4. The summed E-state index contributed by atoms with van der Waals surface area (Å²) in [7, 11) is 0. The molecule has 0 fully saturated rings. The number of amides is 1. The lowest BCUT2D eigenvalue weighted by molar-refractivity contribution is -0.116. The van der Waals surface area contributed by atoms with Crippen LogP contribution in [0.2, 0.25) is 5.02 Å². The molecule has 2 N–H and O–H groups in total. The number of anilines is 1. The predicted molar refractivity (Wildman–Crippen MR) is 90.5 cm³/mol. The fraction of sp³-hybridized carbons (Fsp3) is 0.111. The second kappa shape index (κ2) is 5.97. The van der Waals surface area contributed by atoms with Crippen molar-refractivity contribution in [3.8, 4) is 11.3 Å². The van der Waals surface area contributed by atoms with Crippen LogP contribution in [0.3, 0.4) is 0 Å². The number of aromatic amines is 1. The maximum atomic E-state index is 14.3. The first-order valence-corrected chi connectivity index (χ1v) is 7.99. The van der Waals surface area contributed by atoms with Crippen LogP contribution in [0.25, 0.3) is 11.3 Å². The minimum atomic E-state index is -0.635. The highest BCUT2D eigenvalue weighted by molar-refractivity contribution is 6.30. The molecule has 0 saturated carbocycles. The molecule has 2 aromatic carbocycles. The third-order valence-corrected chi connectivity index (χ3v) is 4.52. The van der Waals surface area contributed by atoms with Gasteiger partial charge in [-0.25, -0.2) is 8.78 Å². The molecule has 1 amide bonds. The Balaban J connectivity index is 1.90. The van der Waals surface area contributed by atoms with Gasteiger partial charge in [-0.05, 0) is 35.9 Å². The summed E-state index contributed by atoms with van der Waals surface area (Å²) in [5.74, 6) is -1.72. The third-order valence-electron chi connectivity index (χ3n) is 4.27. The van der Waals surface area contributed by atoms with Crippen molar-refractivity contribution in [2.24, 2.45) is 0 Å². The molecule has 4 rings (SSSR count). The van der Waals surface area contributed by atoms with Crippen LogP contribution in [-0.4, -0.2) is 16.1 Å². The van der Waals surface area contributed by atoms with E-state index in [1.807, 2.05) is 0 Å². The number of hydrogen-bond donors (Lipinski definition) is 2. The fourth-order valence-corrected chi connectivity index (χ4v) is 3.27. The monoisotopic (exact) mass is 359 g/mol. The third kappa shape index (κ3) is 2.78. The van der Waals surface area contributed by atoms with Gasteiger partial charge in [0, 0.05) is 28.5 Å². The number of nitrogens with one attached hydrogen (secondary N) is 2. The Morgan fingerprint density at radius 3 is 2.64 bits per heavy atom. The molecule has 1 aliphatic heterocycles. The molecule has 1 atom stereocenters. The van der Waals surface area contributed by atoms with E-state index in [1.54, 1.807) is 24.3 Å². The van der Waals surface area contributed by atoms with Gasteiger partial charge in [-0.3, -0.25) is 9.89 Å². The van der Waals surface area contributed by atoms with E-state index in [9.17, 15) is 13.6 Å². The Kier molecular flexibility index (Phi) is 3.77. The van der Waals surface area contributed by atoms with Crippen LogP contribution < -0.4 is 5.32 Å². The van der Waals surface area contributed by atoms with E-state index >= 15 is 0 Å². The van der Waals surface area contributed by atoms with Crippen LogP contribution in [0.4, 0.5) is 14.6 Å². The van der Waals surface area contributed by atoms with Crippen LogP contribution in [0, 0.1) is 11.6 Å². The topological polar surface area (TPSA) is 57.8 Å². The Bertz CT molecular complexity index is 969. The highest BCUT2D eigenvalue weighted by Gasteiger charge is 2.33. The molecule has 2 heterocycles. The number of rotatable bonds is 2. The maximum absolute atomic E-state index is 14.3. The van der Waals surface area contributed by atoms with E-state index in [2.05, 4.69) is 15.5 Å². The van der Waals surface area contributed by atoms with Crippen molar-refractivity contribution < 1.29 is 13.6 Å². The highest BCUT2D eigenvalue weighted by Crippen LogP contribution is 2.42. The van der Waals surface area contributed by atoms with Gasteiger partial charge in [-0.15, -0.1) is 0 Å². The summed E-state index contributed by atoms with van der Waals surface area (Å²) < 4.78 is 28.0. The first kappa shape index (κ1) is 15.8. The Morgan fingerprint density at radius 1 is 1.12 bits per heavy atom. The zero-order valence-corrected chi connectivity index (χ0v) is 13.6. The molecule has 0 radical (unpaired) electrons. The summed E-state index contributed by atoms with van der Waals surface area (Å²) >= 11 is 5.92. The molecule has 1 aromatic heterocycles. The number of hydrogen-bond acceptors (Lipinski definition) is 2. The molecule has 25 heavy (non-hydrogen) atoms. The molecule has 0 aliphatic carbocycles. The molecule has 1 aliphatic rings. The predicted octanol–water partition coefficient (Wildman–Crippen LogP) is 4.48. The van der Waals surface area contributed by atoms with Crippen LogP contribution in [0.5, 0.6) is 0 Å². The Labute approximate surface area is 146 Å². The molecule has 7 heteroatoms. The number of benzene rings is 2. The Hall–Kier alpha value is -2.73. The smallest absolute Gasteiger partial charge is 0.226 e. The maximum Gasteiger partial charge on any atom is 0.226 e. The highest BCUT2D eigenvalue weighted by atomic mass is 35.5. The Morgan fingerprint density at radius 2 is 1.88 bits per heavy atom. The van der Waals surface area contributed by atoms with Crippen LogP contribution in [0.1, 0.15) is 23.5 Å². The van der Waals surface area contributed by atoms with E-state index in [0.29, 0.717) is 22.1 Å². The summed E-state index contributed by atoms with van der Waals surface area (Å²) in [5, 5.41) is 10.3. The van der Waals surface area contributed by atoms with Crippen molar-refractivity contribution in [1.29, 1.82) is 0 Å². The van der Waals surface area contributed by atoms with Crippen LogP contribution in [-0.2, 0) is 4.79 Å². The van der Waals surface area contributed by atoms with Gasteiger partial charge in [-0.1, -0.05) is 23.7 Å². The standard InChI is InChI=1S/C18H12ClF2N3O/c19-10-3-1-9(2-4-10)17-16-13(8-15(25)22-18(16)24-23-17)12-7-11(20)5-6-14(12)21/h1-7,13H,8H2,(H2,22,23,24,25)/t13-/m0/s1. The van der Waals surface area contributed by atoms with Crippen molar-refractivity contribution in [3.05, 3.63) is 70.2 Å². The average molecular weight is 360 g/mol. The van der Waals surface area contributed by atoms with Crippen LogP contribution in [0.15, 0.2) is 42.5 Å². The average Bonchev–Trinajstić information content (AvgIpc) is 3.01. The first-order valence-electron chi connectivity index (χ1n) is 7.62. The van der Waals surface area contributed by atoms with Crippen molar-refractivity contribution in [3.63, 3.8) is 0 Å². The second-order valence-corrected chi connectivity index (χ2v) is 6.27. The lowest BCUT2D eigenvalue weighted by atomic mass is 9.84. The summed E-state index contributed by atoms with van der Waals surface area (Å²) in [5.41, 5.74) is 2.19. The SMILES string of the molecule is O=C1C[C@@H](c2cc(F)ccc2F)c2c(n[nH]c2-c2ccc(Cl)cc2)N1. The summed E-state index contributed by atoms with van der Waals surface area (Å²) in [4.78, 5) is 12.0. The van der Waals surface area contributed by atoms with Crippen LogP contribution >= 0.6 is 11.6 Å². The zero-order valence-electron chi connectivity index (χ0n) is 12.8. The van der Waals surface area contributed by atoms with Gasteiger partial charge in [0.1, 0.15) is 11.6 Å². The summed E-state index contributed by atoms with van der Waals surface area (Å²) in [6.45, 7) is 0. The van der Waals surface area contributed by atoms with Gasteiger partial charge in [0.2, 0.25) is 5.91 Å². The van der Waals surface area contributed by atoms with E-state index < -0.39 is 17.6 Å². The molecule has 3 aromatic rings. The number of aromatic nitrogens is 2. The first-order chi connectivity index (χ1) is 12.0. The molecule has 0 spiro atoms. The van der Waals surface area contributed by atoms with Gasteiger partial charge in [0.15, 0.2) is 5.82 Å². The van der Waals surface area contributed by atoms with Gasteiger partial charge >= 0.3 is 0 Å². The van der Waals surface area contributed by atoms with Gasteiger partial charge in [0.05, 0.1) is 5.69 Å². The fourth-order valence-electron chi connectivity index (χ4n) is 3.14.